The van der Waals surface area contributed by atoms with Crippen LogP contribution in [-0.2, 0) is 6.54 Å². The van der Waals surface area contributed by atoms with Crippen molar-refractivity contribution in [1.82, 2.24) is 20.2 Å². The molecule has 0 radical (unpaired) electrons. The second kappa shape index (κ2) is 7.13. The monoisotopic (exact) mass is 370 g/mol. The number of rotatable bonds is 4. The molecule has 1 aliphatic heterocycles. The molecule has 0 saturated heterocycles. The Morgan fingerprint density at radius 3 is 2.77 bits per heavy atom. The minimum absolute atomic E-state index is 0.0307. The van der Waals surface area contributed by atoms with Gasteiger partial charge in [0.25, 0.3) is 0 Å². The van der Waals surface area contributed by atoms with E-state index in [0.29, 0.717) is 46.7 Å². The molecule has 0 aliphatic carbocycles. The number of nitrogens with zero attached hydrogens (tertiary/aromatic N) is 4. The maximum Gasteiger partial charge on any atom is 0.206 e. The molecule has 2 heterocycles. The maximum absolute atomic E-state index is 12.5. The molecule has 1 aromatic heterocycles. The smallest absolute Gasteiger partial charge is 0.206 e. The van der Waals surface area contributed by atoms with Crippen molar-refractivity contribution in [2.75, 3.05) is 13.2 Å². The van der Waals surface area contributed by atoms with Crippen molar-refractivity contribution in [3.63, 3.8) is 0 Å². The zero-order valence-electron chi connectivity index (χ0n) is 13.8. The van der Waals surface area contributed by atoms with Crippen LogP contribution in [0.3, 0.4) is 0 Å². The zero-order valence-corrected chi connectivity index (χ0v) is 14.5. The third kappa shape index (κ3) is 3.39. The second-order valence-electron chi connectivity index (χ2n) is 5.76. The van der Waals surface area contributed by atoms with Gasteiger partial charge in [-0.15, -0.1) is 10.2 Å². The Labute approximate surface area is 154 Å². The van der Waals surface area contributed by atoms with Crippen molar-refractivity contribution in [3.05, 3.63) is 53.1 Å². The number of halogens is 1. The first-order valence-corrected chi connectivity index (χ1v) is 8.54. The van der Waals surface area contributed by atoms with Crippen LogP contribution in [0.15, 0.2) is 42.5 Å². The number of aromatic nitrogens is 4. The van der Waals surface area contributed by atoms with Crippen LogP contribution in [-0.4, -0.2) is 39.2 Å². The molecule has 1 aliphatic rings. The largest absolute Gasteiger partial charge is 0.490 e. The summed E-state index contributed by atoms with van der Waals surface area (Å²) in [6.07, 6.45) is 0.811. The standard InChI is InChI=1S/C18H15ClN4O3/c19-14-5-2-1-4-13(14)18-20-22-23(21-18)11-15(24)12-6-7-16-17(10-12)26-9-3-8-25-16/h1-2,4-7,10H,3,8-9,11H2. The minimum Gasteiger partial charge on any atom is -0.490 e. The summed E-state index contributed by atoms with van der Waals surface area (Å²) in [5.74, 6) is 1.46. The van der Waals surface area contributed by atoms with Crippen LogP contribution in [0.2, 0.25) is 5.02 Å². The van der Waals surface area contributed by atoms with Crippen molar-refractivity contribution < 1.29 is 14.3 Å². The number of fused-ring (bicyclic) bond motifs is 1. The number of Topliss-reactive ketones (excluding diaryl/α,β-unsaturated/α-hetero) is 1. The lowest BCUT2D eigenvalue weighted by atomic mass is 10.1. The van der Waals surface area contributed by atoms with Crippen molar-refractivity contribution in [2.45, 2.75) is 13.0 Å². The summed E-state index contributed by atoms with van der Waals surface area (Å²) >= 11 is 6.14. The minimum atomic E-state index is -0.149. The molecule has 7 nitrogen and oxygen atoms in total. The van der Waals surface area contributed by atoms with Crippen molar-refractivity contribution in [1.29, 1.82) is 0 Å². The van der Waals surface area contributed by atoms with Crippen LogP contribution in [0.4, 0.5) is 0 Å². The average molecular weight is 371 g/mol. The molecule has 8 heteroatoms. The first kappa shape index (κ1) is 16.5. The van der Waals surface area contributed by atoms with Gasteiger partial charge >= 0.3 is 0 Å². The number of hydrogen-bond donors (Lipinski definition) is 0. The van der Waals surface area contributed by atoms with Crippen molar-refractivity contribution >= 4 is 17.4 Å². The quantitative estimate of drug-likeness (QED) is 0.657. The van der Waals surface area contributed by atoms with E-state index in [2.05, 4.69) is 15.4 Å². The number of carbonyl (C=O) groups is 1. The maximum atomic E-state index is 12.5. The molecular weight excluding hydrogens is 356 g/mol. The van der Waals surface area contributed by atoms with Crippen LogP contribution in [0.1, 0.15) is 16.8 Å². The lowest BCUT2D eigenvalue weighted by molar-refractivity contribution is 0.0961. The van der Waals surface area contributed by atoms with Gasteiger partial charge in [0.15, 0.2) is 17.3 Å². The van der Waals surface area contributed by atoms with Gasteiger partial charge in [-0.25, -0.2) is 0 Å². The lowest BCUT2D eigenvalue weighted by Gasteiger charge is -2.08. The van der Waals surface area contributed by atoms with Crippen molar-refractivity contribution in [2.24, 2.45) is 0 Å². The van der Waals surface area contributed by atoms with E-state index in [-0.39, 0.29) is 12.3 Å². The van der Waals surface area contributed by atoms with E-state index >= 15 is 0 Å². The van der Waals surface area contributed by atoms with E-state index < -0.39 is 0 Å². The molecule has 0 spiro atoms. The number of tetrazole rings is 1. The van der Waals surface area contributed by atoms with Gasteiger partial charge in [0.1, 0.15) is 6.54 Å². The molecule has 0 amide bonds. The fourth-order valence-electron chi connectivity index (χ4n) is 2.62. The molecule has 0 unspecified atom stereocenters. The summed E-state index contributed by atoms with van der Waals surface area (Å²) in [4.78, 5) is 13.8. The predicted octanol–water partition coefficient (Wildman–Crippen LogP) is 3.04. The summed E-state index contributed by atoms with van der Waals surface area (Å²) in [6, 6.07) is 12.4. The van der Waals surface area contributed by atoms with Gasteiger partial charge in [-0.3, -0.25) is 4.79 Å². The SMILES string of the molecule is O=C(Cn1nnc(-c2ccccc2Cl)n1)c1ccc2c(c1)OCCCO2. The van der Waals surface area contributed by atoms with Gasteiger partial charge < -0.3 is 9.47 Å². The fourth-order valence-corrected chi connectivity index (χ4v) is 2.84. The molecule has 0 saturated carbocycles. The Kier molecular flexibility index (Phi) is 4.53. The summed E-state index contributed by atoms with van der Waals surface area (Å²) in [7, 11) is 0. The average Bonchev–Trinajstić information content (AvgIpc) is 2.97. The molecule has 0 atom stereocenters. The van der Waals surface area contributed by atoms with E-state index in [9.17, 15) is 4.79 Å². The Bertz CT molecular complexity index is 957. The number of hydrogen-bond acceptors (Lipinski definition) is 6. The lowest BCUT2D eigenvalue weighted by Crippen LogP contribution is -2.13. The second-order valence-corrected chi connectivity index (χ2v) is 6.17. The number of ether oxygens (including phenoxy) is 2. The fraction of sp³-hybridized carbons (Fsp3) is 0.222. The molecule has 2 aromatic carbocycles. The van der Waals surface area contributed by atoms with Crippen molar-refractivity contribution in [3.8, 4) is 22.9 Å². The molecule has 0 bridgehead atoms. The van der Waals surface area contributed by atoms with Crippen LogP contribution in [0.25, 0.3) is 11.4 Å². The van der Waals surface area contributed by atoms with Gasteiger partial charge in [0, 0.05) is 17.5 Å². The molecular formula is C18H15ClN4O3. The summed E-state index contributed by atoms with van der Waals surface area (Å²) < 4.78 is 11.2. The Morgan fingerprint density at radius 2 is 1.92 bits per heavy atom. The van der Waals surface area contributed by atoms with Gasteiger partial charge in [-0.2, -0.15) is 4.80 Å². The van der Waals surface area contributed by atoms with Gasteiger partial charge in [0.05, 0.1) is 18.2 Å². The predicted molar refractivity (Wildman–Crippen MR) is 94.6 cm³/mol. The first-order chi connectivity index (χ1) is 12.7. The van der Waals surface area contributed by atoms with E-state index in [1.165, 1.54) is 4.80 Å². The summed E-state index contributed by atoms with van der Waals surface area (Å²) in [5.41, 5.74) is 1.18. The van der Waals surface area contributed by atoms with E-state index in [1.54, 1.807) is 30.3 Å². The highest BCUT2D eigenvalue weighted by Gasteiger charge is 2.16. The van der Waals surface area contributed by atoms with Crippen LogP contribution in [0.5, 0.6) is 11.5 Å². The first-order valence-electron chi connectivity index (χ1n) is 8.16. The molecule has 4 rings (SSSR count). The number of benzene rings is 2. The van der Waals surface area contributed by atoms with Gasteiger partial charge in [0.2, 0.25) is 5.82 Å². The van der Waals surface area contributed by atoms with E-state index in [4.69, 9.17) is 21.1 Å². The molecule has 3 aromatic rings. The Morgan fingerprint density at radius 1 is 1.12 bits per heavy atom. The normalized spacial score (nSPS) is 13.3. The molecule has 0 N–H and O–H groups in total. The van der Waals surface area contributed by atoms with Crippen LogP contribution >= 0.6 is 11.6 Å². The molecule has 132 valence electrons. The summed E-state index contributed by atoms with van der Waals surface area (Å²) in [5, 5.41) is 12.7. The third-order valence-corrected chi connectivity index (χ3v) is 4.25. The topological polar surface area (TPSA) is 79.1 Å². The highest BCUT2D eigenvalue weighted by atomic mass is 35.5. The summed E-state index contributed by atoms with van der Waals surface area (Å²) in [6.45, 7) is 1.14. The number of ketones is 1. The molecule has 0 fully saturated rings. The van der Waals surface area contributed by atoms with Crippen LogP contribution < -0.4 is 9.47 Å². The number of carbonyl (C=O) groups excluding carboxylic acids is 1. The Balaban J connectivity index is 1.52. The molecule has 26 heavy (non-hydrogen) atoms. The van der Waals surface area contributed by atoms with Crippen LogP contribution in [0, 0.1) is 0 Å². The highest BCUT2D eigenvalue weighted by molar-refractivity contribution is 6.33. The highest BCUT2D eigenvalue weighted by Crippen LogP contribution is 2.30. The van der Waals surface area contributed by atoms with E-state index in [0.717, 1.165) is 6.42 Å². The van der Waals surface area contributed by atoms with Gasteiger partial charge in [-0.1, -0.05) is 23.7 Å². The van der Waals surface area contributed by atoms with Gasteiger partial charge in [-0.05, 0) is 35.5 Å². The Hall–Kier alpha value is -2.93. The zero-order chi connectivity index (χ0) is 17.9. The third-order valence-electron chi connectivity index (χ3n) is 3.92. The van der Waals surface area contributed by atoms with E-state index in [1.807, 2.05) is 12.1 Å².